The summed E-state index contributed by atoms with van der Waals surface area (Å²) >= 11 is 0. The van der Waals surface area contributed by atoms with Crippen LogP contribution in [-0.2, 0) is 14.6 Å². The van der Waals surface area contributed by atoms with Crippen molar-refractivity contribution in [3.63, 3.8) is 0 Å². The van der Waals surface area contributed by atoms with Crippen LogP contribution < -0.4 is 10.6 Å². The number of benzene rings is 1. The maximum atomic E-state index is 11.7. The molecule has 19 heavy (non-hydrogen) atoms. The lowest BCUT2D eigenvalue weighted by Crippen LogP contribution is -2.33. The van der Waals surface area contributed by atoms with Crippen molar-refractivity contribution in [2.24, 2.45) is 0 Å². The molecule has 2 N–H and O–H groups in total. The topological polar surface area (TPSA) is 75.3 Å². The van der Waals surface area contributed by atoms with E-state index >= 15 is 0 Å². The molecule has 1 aromatic rings. The monoisotopic (exact) mass is 284 g/mol. The second-order valence-corrected chi connectivity index (χ2v) is 6.55. The number of hydrogen-bond acceptors (Lipinski definition) is 4. The first-order valence-corrected chi connectivity index (χ1v) is 8.05. The van der Waals surface area contributed by atoms with Crippen molar-refractivity contribution in [2.75, 3.05) is 18.1 Å². The Morgan fingerprint density at radius 3 is 2.63 bits per heavy atom. The van der Waals surface area contributed by atoms with E-state index in [2.05, 4.69) is 10.6 Å². The Kier molecular flexibility index (Phi) is 5.50. The number of sulfone groups is 1. The quantitative estimate of drug-likeness (QED) is 0.828. The Morgan fingerprint density at radius 2 is 2.05 bits per heavy atom. The summed E-state index contributed by atoms with van der Waals surface area (Å²) < 4.78 is 22.8. The first-order valence-electron chi connectivity index (χ1n) is 6.16. The average Bonchev–Trinajstić information content (AvgIpc) is 2.35. The van der Waals surface area contributed by atoms with Gasteiger partial charge in [-0.2, -0.15) is 0 Å². The predicted molar refractivity (Wildman–Crippen MR) is 75.9 cm³/mol. The highest BCUT2D eigenvalue weighted by Gasteiger charge is 2.09. The first-order chi connectivity index (χ1) is 8.82. The normalized spacial score (nSPS) is 13.0. The molecule has 5 nitrogen and oxygen atoms in total. The van der Waals surface area contributed by atoms with Crippen LogP contribution >= 0.6 is 0 Å². The molecule has 0 saturated carbocycles. The molecule has 0 heterocycles. The summed E-state index contributed by atoms with van der Waals surface area (Å²) in [6.45, 7) is 4.24. The molecular weight excluding hydrogens is 264 g/mol. The van der Waals surface area contributed by atoms with E-state index in [4.69, 9.17) is 0 Å². The zero-order valence-electron chi connectivity index (χ0n) is 11.4. The lowest BCUT2D eigenvalue weighted by Gasteiger charge is -2.11. The van der Waals surface area contributed by atoms with Gasteiger partial charge < -0.3 is 10.6 Å². The molecule has 1 unspecified atom stereocenters. The molecule has 0 aliphatic rings. The third-order valence-corrected chi connectivity index (χ3v) is 3.88. The summed E-state index contributed by atoms with van der Waals surface area (Å²) in [7, 11) is -3.26. The molecule has 6 heteroatoms. The van der Waals surface area contributed by atoms with E-state index in [1.807, 2.05) is 13.8 Å². The van der Waals surface area contributed by atoms with Gasteiger partial charge in [0.15, 0.2) is 9.84 Å². The van der Waals surface area contributed by atoms with Gasteiger partial charge in [-0.15, -0.1) is 0 Å². The van der Waals surface area contributed by atoms with E-state index in [-0.39, 0.29) is 23.4 Å². The third-order valence-electron chi connectivity index (χ3n) is 2.77. The number of carbonyl (C=O) groups excluding carboxylic acids is 1. The van der Waals surface area contributed by atoms with Crippen molar-refractivity contribution in [3.8, 4) is 0 Å². The Labute approximate surface area is 114 Å². The summed E-state index contributed by atoms with van der Waals surface area (Å²) in [4.78, 5) is 11.9. The zero-order chi connectivity index (χ0) is 14.5. The van der Waals surface area contributed by atoms with Gasteiger partial charge >= 0.3 is 0 Å². The summed E-state index contributed by atoms with van der Waals surface area (Å²) in [5, 5.41) is 5.73. The van der Waals surface area contributed by atoms with E-state index in [9.17, 15) is 13.2 Å². The molecule has 0 aliphatic carbocycles. The fourth-order valence-corrected chi connectivity index (χ4v) is 2.09. The van der Waals surface area contributed by atoms with Gasteiger partial charge in [-0.3, -0.25) is 4.79 Å². The van der Waals surface area contributed by atoms with Crippen molar-refractivity contribution in [1.29, 1.82) is 0 Å². The molecule has 0 saturated heterocycles. The smallest absolute Gasteiger partial charge is 0.238 e. The highest BCUT2D eigenvalue weighted by Crippen LogP contribution is 2.14. The molecule has 0 spiro atoms. The van der Waals surface area contributed by atoms with Crippen LogP contribution in [0.1, 0.15) is 20.3 Å². The lowest BCUT2D eigenvalue weighted by atomic mass is 10.2. The third kappa shape index (κ3) is 5.40. The molecule has 106 valence electrons. The molecule has 0 radical (unpaired) electrons. The molecule has 1 atom stereocenters. The Hall–Kier alpha value is -1.40. The highest BCUT2D eigenvalue weighted by atomic mass is 32.2. The average molecular weight is 284 g/mol. The minimum atomic E-state index is -3.26. The summed E-state index contributed by atoms with van der Waals surface area (Å²) in [5.41, 5.74) is 0.485. The molecule has 0 aliphatic heterocycles. The standard InChI is InChI=1S/C13H20N2O3S/c1-4-10(2)14-9-13(16)15-11-6-5-7-12(8-11)19(3,17)18/h5-8,10,14H,4,9H2,1-3H3,(H,15,16). The van der Waals surface area contributed by atoms with Gasteiger partial charge in [-0.1, -0.05) is 13.0 Å². The van der Waals surface area contributed by atoms with E-state index in [1.54, 1.807) is 12.1 Å². The van der Waals surface area contributed by atoms with E-state index in [0.717, 1.165) is 12.7 Å². The van der Waals surface area contributed by atoms with Crippen LogP contribution in [0.5, 0.6) is 0 Å². The lowest BCUT2D eigenvalue weighted by molar-refractivity contribution is -0.115. The second kappa shape index (κ2) is 6.68. The minimum Gasteiger partial charge on any atom is -0.325 e. The van der Waals surface area contributed by atoms with Crippen LogP contribution in [0.4, 0.5) is 5.69 Å². The van der Waals surface area contributed by atoms with Gasteiger partial charge in [0.2, 0.25) is 5.91 Å². The number of anilines is 1. The number of hydrogen-bond donors (Lipinski definition) is 2. The van der Waals surface area contributed by atoms with E-state index in [0.29, 0.717) is 5.69 Å². The van der Waals surface area contributed by atoms with Crippen LogP contribution in [-0.4, -0.2) is 33.2 Å². The zero-order valence-corrected chi connectivity index (χ0v) is 12.3. The Bertz CT molecular complexity index is 541. The molecule has 1 amide bonds. The SMILES string of the molecule is CCC(C)NCC(=O)Nc1cccc(S(C)(=O)=O)c1. The van der Waals surface area contributed by atoms with Gasteiger partial charge in [0.05, 0.1) is 11.4 Å². The summed E-state index contributed by atoms with van der Waals surface area (Å²) in [6, 6.07) is 6.50. The van der Waals surface area contributed by atoms with Crippen LogP contribution in [0.25, 0.3) is 0 Å². The van der Waals surface area contributed by atoms with Crippen LogP contribution in [0, 0.1) is 0 Å². The molecule has 0 aromatic heterocycles. The summed E-state index contributed by atoms with van der Waals surface area (Å²) in [5.74, 6) is -0.189. The largest absolute Gasteiger partial charge is 0.325 e. The van der Waals surface area contributed by atoms with Crippen LogP contribution in [0.15, 0.2) is 29.2 Å². The van der Waals surface area contributed by atoms with Crippen molar-refractivity contribution in [3.05, 3.63) is 24.3 Å². The van der Waals surface area contributed by atoms with Crippen LogP contribution in [0.3, 0.4) is 0 Å². The molecular formula is C13H20N2O3S. The Morgan fingerprint density at radius 1 is 1.37 bits per heavy atom. The van der Waals surface area contributed by atoms with Crippen molar-refractivity contribution in [2.45, 2.75) is 31.2 Å². The highest BCUT2D eigenvalue weighted by molar-refractivity contribution is 7.90. The number of rotatable bonds is 6. The second-order valence-electron chi connectivity index (χ2n) is 4.54. The maximum absolute atomic E-state index is 11.7. The number of amides is 1. The first kappa shape index (κ1) is 15.7. The van der Waals surface area contributed by atoms with Crippen molar-refractivity contribution in [1.82, 2.24) is 5.32 Å². The fourth-order valence-electron chi connectivity index (χ4n) is 1.42. The van der Waals surface area contributed by atoms with E-state index in [1.165, 1.54) is 12.1 Å². The van der Waals surface area contributed by atoms with Crippen molar-refractivity contribution >= 4 is 21.4 Å². The molecule has 1 rings (SSSR count). The predicted octanol–water partition coefficient (Wildman–Crippen LogP) is 1.42. The molecule has 1 aromatic carbocycles. The van der Waals surface area contributed by atoms with Gasteiger partial charge in [-0.05, 0) is 31.5 Å². The molecule has 0 bridgehead atoms. The minimum absolute atomic E-state index is 0.189. The summed E-state index contributed by atoms with van der Waals surface area (Å²) in [6.07, 6.45) is 2.08. The number of nitrogens with one attached hydrogen (secondary N) is 2. The number of carbonyl (C=O) groups is 1. The van der Waals surface area contributed by atoms with Crippen LogP contribution in [0.2, 0.25) is 0 Å². The van der Waals surface area contributed by atoms with Gasteiger partial charge in [0, 0.05) is 18.0 Å². The molecule has 0 fully saturated rings. The van der Waals surface area contributed by atoms with Crippen molar-refractivity contribution < 1.29 is 13.2 Å². The van der Waals surface area contributed by atoms with Gasteiger partial charge in [-0.25, -0.2) is 8.42 Å². The fraction of sp³-hybridized carbons (Fsp3) is 0.462. The Balaban J connectivity index is 2.65. The maximum Gasteiger partial charge on any atom is 0.238 e. The van der Waals surface area contributed by atoms with E-state index < -0.39 is 9.84 Å². The van der Waals surface area contributed by atoms with Gasteiger partial charge in [0.25, 0.3) is 0 Å². The van der Waals surface area contributed by atoms with Gasteiger partial charge in [0.1, 0.15) is 0 Å².